The molecule has 4 heteroatoms. The van der Waals surface area contributed by atoms with Crippen molar-refractivity contribution < 1.29 is 9.13 Å². The number of rotatable bonds is 5. The smallest absolute Gasteiger partial charge is 0.129 e. The summed E-state index contributed by atoms with van der Waals surface area (Å²) >= 11 is 3.28. The van der Waals surface area contributed by atoms with Gasteiger partial charge < -0.3 is 10.1 Å². The first kappa shape index (κ1) is 13.6. The Kier molecular flexibility index (Phi) is 4.78. The molecule has 0 spiro atoms. The average molecular weight is 314 g/mol. The zero-order valence-corrected chi connectivity index (χ0v) is 12.0. The van der Waals surface area contributed by atoms with Crippen LogP contribution in [0.4, 0.5) is 4.39 Å². The van der Waals surface area contributed by atoms with Crippen molar-refractivity contribution in [1.29, 1.82) is 0 Å². The number of ether oxygens (including phenoxy) is 1. The van der Waals surface area contributed by atoms with Crippen molar-refractivity contribution in [3.8, 4) is 0 Å². The van der Waals surface area contributed by atoms with Crippen LogP contribution >= 0.6 is 15.9 Å². The maximum atomic E-state index is 14.0. The third kappa shape index (κ3) is 3.12. The quantitative estimate of drug-likeness (QED) is 0.889. The molecule has 0 fully saturated rings. The van der Waals surface area contributed by atoms with E-state index in [1.165, 1.54) is 6.07 Å². The highest BCUT2D eigenvalue weighted by atomic mass is 79.9. The third-order valence-corrected chi connectivity index (χ3v) is 3.38. The highest BCUT2D eigenvalue weighted by Gasteiger charge is 2.23. The minimum atomic E-state index is -0.214. The fraction of sp³-hybridized carbons (Fsp3) is 0.429. The highest BCUT2D eigenvalue weighted by Crippen LogP contribution is 2.29. The molecule has 1 aromatic rings. The second-order valence-corrected chi connectivity index (χ2v) is 5.21. The zero-order chi connectivity index (χ0) is 13.0. The number of halogens is 2. The van der Waals surface area contributed by atoms with Gasteiger partial charge in [0.2, 0.25) is 0 Å². The molecule has 0 aromatic heterocycles. The van der Waals surface area contributed by atoms with E-state index in [1.54, 1.807) is 6.07 Å². The van der Waals surface area contributed by atoms with Gasteiger partial charge >= 0.3 is 0 Å². The Morgan fingerprint density at radius 3 is 2.94 bits per heavy atom. The summed E-state index contributed by atoms with van der Waals surface area (Å²) in [6.07, 6.45) is 3.94. The summed E-state index contributed by atoms with van der Waals surface area (Å²) in [6, 6.07) is 4.97. The predicted molar refractivity (Wildman–Crippen MR) is 73.8 cm³/mol. The molecule has 98 valence electrons. The topological polar surface area (TPSA) is 21.3 Å². The second kappa shape index (κ2) is 6.34. The van der Waals surface area contributed by atoms with E-state index in [9.17, 15) is 4.39 Å². The summed E-state index contributed by atoms with van der Waals surface area (Å²) in [5, 5.41) is 3.34. The molecule has 0 amide bonds. The van der Waals surface area contributed by atoms with Gasteiger partial charge in [0.15, 0.2) is 0 Å². The van der Waals surface area contributed by atoms with E-state index < -0.39 is 0 Å². The molecule has 0 radical (unpaired) electrons. The van der Waals surface area contributed by atoms with E-state index in [4.69, 9.17) is 4.74 Å². The van der Waals surface area contributed by atoms with Crippen LogP contribution < -0.4 is 5.32 Å². The van der Waals surface area contributed by atoms with E-state index in [-0.39, 0.29) is 11.9 Å². The lowest BCUT2D eigenvalue weighted by atomic mass is 10.0. The van der Waals surface area contributed by atoms with Gasteiger partial charge in [-0.15, -0.1) is 0 Å². The van der Waals surface area contributed by atoms with Crippen molar-refractivity contribution in [3.05, 3.63) is 45.9 Å². The molecular formula is C14H17BrFNO. The van der Waals surface area contributed by atoms with Gasteiger partial charge in [-0.05, 0) is 31.2 Å². The molecule has 0 bridgehead atoms. The van der Waals surface area contributed by atoms with Crippen LogP contribution in [0, 0.1) is 5.82 Å². The first-order valence-corrected chi connectivity index (χ1v) is 7.03. The molecule has 1 aliphatic heterocycles. The number of hydrogen-bond acceptors (Lipinski definition) is 2. The van der Waals surface area contributed by atoms with Gasteiger partial charge in [-0.2, -0.15) is 0 Å². The van der Waals surface area contributed by atoms with E-state index >= 15 is 0 Å². The summed E-state index contributed by atoms with van der Waals surface area (Å²) < 4.78 is 20.3. The molecule has 1 aliphatic rings. The Hall–Kier alpha value is -0.870. The molecule has 0 saturated carbocycles. The van der Waals surface area contributed by atoms with Gasteiger partial charge in [0.1, 0.15) is 11.6 Å². The first-order chi connectivity index (χ1) is 8.72. The van der Waals surface area contributed by atoms with Crippen LogP contribution in [-0.4, -0.2) is 13.2 Å². The summed E-state index contributed by atoms with van der Waals surface area (Å²) in [7, 11) is 0. The monoisotopic (exact) mass is 313 g/mol. The van der Waals surface area contributed by atoms with Gasteiger partial charge in [-0.1, -0.05) is 28.9 Å². The summed E-state index contributed by atoms with van der Waals surface area (Å²) in [5.41, 5.74) is 0.639. The highest BCUT2D eigenvalue weighted by molar-refractivity contribution is 9.10. The molecule has 1 atom stereocenters. The van der Waals surface area contributed by atoms with Crippen LogP contribution in [0.2, 0.25) is 0 Å². The Balaban J connectivity index is 2.26. The molecular weight excluding hydrogens is 297 g/mol. The maximum absolute atomic E-state index is 14.0. The second-order valence-electron chi connectivity index (χ2n) is 4.30. The van der Waals surface area contributed by atoms with Crippen molar-refractivity contribution in [3.63, 3.8) is 0 Å². The van der Waals surface area contributed by atoms with Gasteiger partial charge in [-0.3, -0.25) is 0 Å². The molecule has 1 heterocycles. The van der Waals surface area contributed by atoms with Crippen LogP contribution in [0.3, 0.4) is 0 Å². The van der Waals surface area contributed by atoms with Crippen molar-refractivity contribution in [1.82, 2.24) is 5.32 Å². The Labute approximate surface area is 115 Å². The number of hydrogen-bond donors (Lipinski definition) is 1. The summed E-state index contributed by atoms with van der Waals surface area (Å²) in [6.45, 7) is 3.62. The Morgan fingerprint density at radius 1 is 1.50 bits per heavy atom. The van der Waals surface area contributed by atoms with Crippen LogP contribution in [-0.2, 0) is 4.74 Å². The van der Waals surface area contributed by atoms with Gasteiger partial charge in [-0.25, -0.2) is 4.39 Å². The first-order valence-electron chi connectivity index (χ1n) is 6.23. The minimum absolute atomic E-state index is 0.180. The van der Waals surface area contributed by atoms with Crippen LogP contribution in [0.25, 0.3) is 0 Å². The molecule has 18 heavy (non-hydrogen) atoms. The SMILES string of the molecule is CCCNC(C1=CCCO1)c1ccc(Br)cc1F. The predicted octanol–water partition coefficient (Wildman–Crippen LogP) is 3.93. The lowest BCUT2D eigenvalue weighted by Crippen LogP contribution is -2.25. The summed E-state index contributed by atoms with van der Waals surface area (Å²) in [4.78, 5) is 0. The minimum Gasteiger partial charge on any atom is -0.496 e. The molecule has 0 saturated heterocycles. The lowest BCUT2D eigenvalue weighted by molar-refractivity contribution is 0.214. The van der Waals surface area contributed by atoms with E-state index in [0.29, 0.717) is 12.2 Å². The molecule has 2 rings (SSSR count). The Morgan fingerprint density at radius 2 is 2.33 bits per heavy atom. The Bertz CT molecular complexity index is 447. The fourth-order valence-corrected chi connectivity index (χ4v) is 2.36. The normalized spacial score (nSPS) is 16.3. The number of benzene rings is 1. The lowest BCUT2D eigenvalue weighted by Gasteiger charge is -2.20. The van der Waals surface area contributed by atoms with Crippen molar-refractivity contribution in [2.45, 2.75) is 25.8 Å². The van der Waals surface area contributed by atoms with Crippen LogP contribution in [0.1, 0.15) is 31.4 Å². The van der Waals surface area contributed by atoms with E-state index in [1.807, 2.05) is 12.1 Å². The van der Waals surface area contributed by atoms with Gasteiger partial charge in [0, 0.05) is 16.5 Å². The van der Waals surface area contributed by atoms with Crippen molar-refractivity contribution in [2.24, 2.45) is 0 Å². The fourth-order valence-electron chi connectivity index (χ4n) is 2.03. The van der Waals surface area contributed by atoms with Crippen molar-refractivity contribution in [2.75, 3.05) is 13.2 Å². The van der Waals surface area contributed by atoms with E-state index in [2.05, 4.69) is 28.2 Å². The largest absolute Gasteiger partial charge is 0.496 e. The summed E-state index contributed by atoms with van der Waals surface area (Å²) in [5.74, 6) is 0.624. The van der Waals surface area contributed by atoms with Crippen LogP contribution in [0.15, 0.2) is 34.5 Å². The van der Waals surface area contributed by atoms with Gasteiger partial charge in [0.25, 0.3) is 0 Å². The standard InChI is InChI=1S/C14H17BrFNO/c1-2-7-17-14(13-4-3-8-18-13)11-6-5-10(15)9-12(11)16/h4-6,9,14,17H,2-3,7-8H2,1H3. The molecule has 1 unspecified atom stereocenters. The molecule has 1 aromatic carbocycles. The molecule has 2 nitrogen and oxygen atoms in total. The number of nitrogens with one attached hydrogen (secondary N) is 1. The average Bonchev–Trinajstić information content (AvgIpc) is 2.85. The van der Waals surface area contributed by atoms with Gasteiger partial charge in [0.05, 0.1) is 12.6 Å². The maximum Gasteiger partial charge on any atom is 0.129 e. The zero-order valence-electron chi connectivity index (χ0n) is 10.4. The van der Waals surface area contributed by atoms with Crippen LogP contribution in [0.5, 0.6) is 0 Å². The molecule has 1 N–H and O–H groups in total. The van der Waals surface area contributed by atoms with E-state index in [0.717, 1.165) is 29.6 Å². The molecule has 0 aliphatic carbocycles. The third-order valence-electron chi connectivity index (χ3n) is 2.89. The van der Waals surface area contributed by atoms with Crippen molar-refractivity contribution >= 4 is 15.9 Å².